The van der Waals surface area contributed by atoms with Crippen molar-refractivity contribution < 1.29 is 23.8 Å². The van der Waals surface area contributed by atoms with Gasteiger partial charge in [0.2, 0.25) is 11.7 Å². The van der Waals surface area contributed by atoms with Gasteiger partial charge in [-0.1, -0.05) is 36.4 Å². The molecule has 0 unspecified atom stereocenters. The molecule has 4 aromatic carbocycles. The Kier molecular flexibility index (Phi) is 7.60. The minimum atomic E-state index is -0.509. The van der Waals surface area contributed by atoms with Gasteiger partial charge in [0, 0.05) is 16.8 Å². The number of rotatable bonds is 7. The second kappa shape index (κ2) is 11.4. The van der Waals surface area contributed by atoms with Crippen LogP contribution in [0.4, 0.5) is 11.4 Å². The number of nitrogens with one attached hydrogen (secondary N) is 2. The van der Waals surface area contributed by atoms with E-state index in [0.29, 0.717) is 34.2 Å². The molecule has 208 valence electrons. The highest BCUT2D eigenvalue weighted by Crippen LogP contribution is 2.38. The molecule has 0 aliphatic heterocycles. The third-order valence-electron chi connectivity index (χ3n) is 6.94. The lowest BCUT2D eigenvalue weighted by molar-refractivity contribution is 0.0974. The number of nitrogens with two attached hydrogens (primary N) is 1. The van der Waals surface area contributed by atoms with Gasteiger partial charge in [-0.2, -0.15) is 0 Å². The van der Waals surface area contributed by atoms with Crippen molar-refractivity contribution in [1.29, 1.82) is 0 Å². The third-order valence-corrected chi connectivity index (χ3v) is 6.94. The van der Waals surface area contributed by atoms with E-state index < -0.39 is 5.91 Å². The zero-order valence-electron chi connectivity index (χ0n) is 23.2. The first-order valence-corrected chi connectivity index (χ1v) is 12.9. The van der Waals surface area contributed by atoms with Crippen LogP contribution < -0.4 is 30.6 Å². The molecule has 9 nitrogen and oxygen atoms in total. The molecule has 0 spiro atoms. The van der Waals surface area contributed by atoms with E-state index in [1.807, 2.05) is 43.3 Å². The number of hydrogen-bond acceptors (Lipinski definition) is 6. The molecule has 0 aromatic heterocycles. The topological polar surface area (TPSA) is 124 Å². The lowest BCUT2D eigenvalue weighted by Gasteiger charge is -2.14. The molecule has 0 heterocycles. The molecule has 0 radical (unpaired) electrons. The lowest BCUT2D eigenvalue weighted by atomic mass is 10.0. The highest BCUT2D eigenvalue weighted by atomic mass is 16.5. The van der Waals surface area contributed by atoms with Gasteiger partial charge in [-0.3, -0.25) is 14.9 Å². The summed E-state index contributed by atoms with van der Waals surface area (Å²) >= 11 is 0. The van der Waals surface area contributed by atoms with Crippen LogP contribution in [0.2, 0.25) is 0 Å². The smallest absolute Gasteiger partial charge is 0.258 e. The summed E-state index contributed by atoms with van der Waals surface area (Å²) in [6.45, 7) is 1.89. The average Bonchev–Trinajstić information content (AvgIpc) is 3.35. The number of benzene rings is 4. The van der Waals surface area contributed by atoms with Crippen molar-refractivity contribution in [3.8, 4) is 28.4 Å². The van der Waals surface area contributed by atoms with Gasteiger partial charge in [-0.05, 0) is 77.6 Å². The maximum Gasteiger partial charge on any atom is 0.258 e. The summed E-state index contributed by atoms with van der Waals surface area (Å²) in [4.78, 5) is 30.4. The summed E-state index contributed by atoms with van der Waals surface area (Å²) in [5.74, 6) is 0.177. The number of amides is 2. The number of carbonyl (C=O) groups is 2. The summed E-state index contributed by atoms with van der Waals surface area (Å²) in [6.07, 6.45) is 0.803. The Labute approximate surface area is 238 Å². The molecule has 0 bridgehead atoms. The van der Waals surface area contributed by atoms with E-state index >= 15 is 0 Å². The number of ether oxygens (including phenoxy) is 3. The lowest BCUT2D eigenvalue weighted by Crippen LogP contribution is -2.36. The second-order valence-electron chi connectivity index (χ2n) is 9.52. The monoisotopic (exact) mass is 550 g/mol. The summed E-state index contributed by atoms with van der Waals surface area (Å²) in [6, 6.07) is 22.4. The van der Waals surface area contributed by atoms with E-state index in [-0.39, 0.29) is 17.4 Å². The standard InChI is InChI=1S/C32H30N4O5/c1-18-9-11-23(34-32(33)36-31(38)22-15-27(39-2)29(41-4)28(16-22)40-3)17-26(18)35-30(37)20-10-12-25-21(14-20)13-19-7-5-6-8-24(19)25/h5-12,14-17H,13H2,1-4H3,(H,35,37)(H3,33,34,36,38). The van der Waals surface area contributed by atoms with Gasteiger partial charge in [-0.15, -0.1) is 0 Å². The number of carbonyl (C=O) groups excluding carboxylic acids is 2. The average molecular weight is 551 g/mol. The molecule has 9 heteroatoms. The fourth-order valence-electron chi connectivity index (χ4n) is 4.86. The quantitative estimate of drug-likeness (QED) is 0.189. The van der Waals surface area contributed by atoms with Crippen LogP contribution in [0.15, 0.2) is 77.8 Å². The minimum Gasteiger partial charge on any atom is -0.493 e. The predicted molar refractivity (Wildman–Crippen MR) is 159 cm³/mol. The fourth-order valence-corrected chi connectivity index (χ4v) is 4.86. The molecule has 0 saturated carbocycles. The summed E-state index contributed by atoms with van der Waals surface area (Å²) in [5, 5.41) is 5.55. The molecule has 0 saturated heterocycles. The van der Waals surface area contributed by atoms with Gasteiger partial charge < -0.3 is 25.3 Å². The van der Waals surface area contributed by atoms with E-state index in [1.165, 1.54) is 44.6 Å². The molecular weight excluding hydrogens is 520 g/mol. The van der Waals surface area contributed by atoms with Crippen molar-refractivity contribution >= 4 is 29.1 Å². The van der Waals surface area contributed by atoms with Crippen LogP contribution in [-0.2, 0) is 6.42 Å². The molecule has 5 rings (SSSR count). The van der Waals surface area contributed by atoms with Gasteiger partial charge in [0.05, 0.1) is 27.0 Å². The largest absolute Gasteiger partial charge is 0.493 e. The van der Waals surface area contributed by atoms with Crippen LogP contribution in [0.5, 0.6) is 17.2 Å². The molecule has 4 aromatic rings. The Balaban J connectivity index is 1.31. The van der Waals surface area contributed by atoms with Gasteiger partial charge >= 0.3 is 0 Å². The minimum absolute atomic E-state index is 0.122. The Morgan fingerprint density at radius 3 is 2.20 bits per heavy atom. The highest BCUT2D eigenvalue weighted by Gasteiger charge is 2.20. The first kappa shape index (κ1) is 27.3. The molecule has 1 aliphatic rings. The first-order valence-electron chi connectivity index (χ1n) is 12.9. The molecule has 0 fully saturated rings. The van der Waals surface area contributed by atoms with Crippen LogP contribution in [0.25, 0.3) is 11.1 Å². The number of fused-ring (bicyclic) bond motifs is 3. The van der Waals surface area contributed by atoms with Gasteiger partial charge in [-0.25, -0.2) is 4.99 Å². The molecule has 1 aliphatic carbocycles. The Morgan fingerprint density at radius 2 is 1.49 bits per heavy atom. The Hall–Kier alpha value is -5.31. The third kappa shape index (κ3) is 5.56. The zero-order chi connectivity index (χ0) is 29.1. The molecule has 41 heavy (non-hydrogen) atoms. The van der Waals surface area contributed by atoms with Crippen molar-refractivity contribution in [1.82, 2.24) is 5.32 Å². The van der Waals surface area contributed by atoms with E-state index in [4.69, 9.17) is 19.9 Å². The summed E-state index contributed by atoms with van der Waals surface area (Å²) < 4.78 is 15.9. The van der Waals surface area contributed by atoms with Crippen LogP contribution in [-0.4, -0.2) is 39.1 Å². The van der Waals surface area contributed by atoms with Crippen molar-refractivity contribution in [3.05, 3.63) is 101 Å². The zero-order valence-corrected chi connectivity index (χ0v) is 23.2. The first-order chi connectivity index (χ1) is 19.8. The van der Waals surface area contributed by atoms with E-state index in [1.54, 1.807) is 12.1 Å². The number of anilines is 1. The van der Waals surface area contributed by atoms with Gasteiger partial charge in [0.1, 0.15) is 0 Å². The van der Waals surface area contributed by atoms with Crippen LogP contribution in [0, 0.1) is 6.92 Å². The number of guanidine groups is 1. The number of aliphatic imine (C=N–C) groups is 1. The highest BCUT2D eigenvalue weighted by molar-refractivity contribution is 6.07. The Bertz CT molecular complexity index is 1670. The summed E-state index contributed by atoms with van der Waals surface area (Å²) in [7, 11) is 4.41. The molecule has 0 atom stereocenters. The van der Waals surface area contributed by atoms with Gasteiger partial charge in [0.25, 0.3) is 11.8 Å². The number of hydrogen-bond donors (Lipinski definition) is 3. The number of aryl methyl sites for hydroxylation is 1. The van der Waals surface area contributed by atoms with E-state index in [0.717, 1.165) is 23.1 Å². The van der Waals surface area contributed by atoms with Crippen LogP contribution in [0.3, 0.4) is 0 Å². The van der Waals surface area contributed by atoms with E-state index in [2.05, 4.69) is 27.8 Å². The molecule has 4 N–H and O–H groups in total. The maximum atomic E-state index is 13.2. The predicted octanol–water partition coefficient (Wildman–Crippen LogP) is 5.22. The van der Waals surface area contributed by atoms with Crippen molar-refractivity contribution in [3.63, 3.8) is 0 Å². The fraction of sp³-hybridized carbons (Fsp3) is 0.156. The van der Waals surface area contributed by atoms with Gasteiger partial charge in [0.15, 0.2) is 11.5 Å². The number of methoxy groups -OCH3 is 3. The molecular formula is C32H30N4O5. The normalized spacial score (nSPS) is 11.8. The molecule has 2 amide bonds. The Morgan fingerprint density at radius 1 is 0.780 bits per heavy atom. The SMILES string of the molecule is COc1cc(C(=O)NC(N)=Nc2ccc(C)c(NC(=O)c3ccc4c(c3)Cc3ccccc3-4)c2)cc(OC)c1OC. The van der Waals surface area contributed by atoms with Crippen molar-refractivity contribution in [2.45, 2.75) is 13.3 Å². The van der Waals surface area contributed by atoms with E-state index in [9.17, 15) is 9.59 Å². The van der Waals surface area contributed by atoms with Crippen molar-refractivity contribution in [2.75, 3.05) is 26.6 Å². The van der Waals surface area contributed by atoms with Crippen LogP contribution >= 0.6 is 0 Å². The van der Waals surface area contributed by atoms with Crippen LogP contribution in [0.1, 0.15) is 37.4 Å². The summed E-state index contributed by atoms with van der Waals surface area (Å²) in [5.41, 5.74) is 13.5. The second-order valence-corrected chi connectivity index (χ2v) is 9.52. The maximum absolute atomic E-state index is 13.2. The number of nitrogens with zero attached hydrogens (tertiary/aromatic N) is 1. The van der Waals surface area contributed by atoms with Crippen molar-refractivity contribution in [2.24, 2.45) is 10.7 Å².